The van der Waals surface area contributed by atoms with Crippen LogP contribution in [0.3, 0.4) is 0 Å². The molecule has 12 nitrogen and oxygen atoms in total. The maximum absolute atomic E-state index is 12.2. The minimum absolute atomic E-state index is 0.166. The van der Waals surface area contributed by atoms with Gasteiger partial charge in [0.1, 0.15) is 12.1 Å². The van der Waals surface area contributed by atoms with E-state index in [1.54, 1.807) is 6.92 Å². The molecule has 8 N–H and O–H groups in total. The van der Waals surface area contributed by atoms with Gasteiger partial charge in [0.25, 0.3) is 0 Å². The smallest absolute Gasteiger partial charge is 0.328 e. The highest BCUT2D eigenvalue weighted by Crippen LogP contribution is 2.07. The van der Waals surface area contributed by atoms with Crippen molar-refractivity contribution in [3.05, 3.63) is 0 Å². The van der Waals surface area contributed by atoms with E-state index in [0.29, 0.717) is 6.42 Å². The van der Waals surface area contributed by atoms with Crippen LogP contribution in [0.1, 0.15) is 33.1 Å². The summed E-state index contributed by atoms with van der Waals surface area (Å²) in [7, 11) is 0. The molecule has 0 aromatic heterocycles. The van der Waals surface area contributed by atoms with Gasteiger partial charge >= 0.3 is 11.9 Å². The maximum atomic E-state index is 12.2. The van der Waals surface area contributed by atoms with Crippen LogP contribution in [0.25, 0.3) is 0 Å². The van der Waals surface area contributed by atoms with Crippen LogP contribution in [-0.2, 0) is 24.0 Å². The number of aliphatic hydroxyl groups excluding tert-OH is 1. The standard InChI is InChI=1S/C16H28N4O8/c1-3-8(2)13(17)15(26)20-9(4-5-12(23)24)14(25)18-6-11(22)19-10(7-21)16(27)28/h8-10,13,21H,3-7,17H2,1-2H3,(H,18,25)(H,19,22)(H,20,26)(H,23,24)(H,27,28). The number of rotatable bonds is 13. The number of carbonyl (C=O) groups is 5. The second kappa shape index (κ2) is 12.6. The van der Waals surface area contributed by atoms with Crippen LogP contribution in [0.5, 0.6) is 0 Å². The van der Waals surface area contributed by atoms with Crippen LogP contribution >= 0.6 is 0 Å². The Bertz CT molecular complexity index is 583. The molecule has 0 fully saturated rings. The monoisotopic (exact) mass is 404 g/mol. The maximum Gasteiger partial charge on any atom is 0.328 e. The van der Waals surface area contributed by atoms with Crippen molar-refractivity contribution in [2.45, 2.75) is 51.2 Å². The minimum atomic E-state index is -1.53. The molecule has 28 heavy (non-hydrogen) atoms. The van der Waals surface area contributed by atoms with Gasteiger partial charge in [-0.05, 0) is 12.3 Å². The SMILES string of the molecule is CCC(C)C(N)C(=O)NC(CCC(=O)O)C(=O)NCC(=O)NC(CO)C(=O)O. The molecule has 0 aromatic carbocycles. The number of carbonyl (C=O) groups excluding carboxylic acids is 3. The fourth-order valence-corrected chi connectivity index (χ4v) is 2.04. The summed E-state index contributed by atoms with van der Waals surface area (Å²) in [6.45, 7) is 2.13. The molecule has 4 unspecified atom stereocenters. The number of nitrogens with two attached hydrogens (primary N) is 1. The number of hydrogen-bond acceptors (Lipinski definition) is 7. The molecule has 12 heteroatoms. The van der Waals surface area contributed by atoms with Crippen LogP contribution in [0, 0.1) is 5.92 Å². The van der Waals surface area contributed by atoms with Gasteiger partial charge < -0.3 is 37.0 Å². The molecule has 0 heterocycles. The lowest BCUT2D eigenvalue weighted by molar-refractivity contribution is -0.142. The molecule has 0 saturated carbocycles. The van der Waals surface area contributed by atoms with Crippen molar-refractivity contribution >= 4 is 29.7 Å². The second-order valence-electron chi connectivity index (χ2n) is 6.26. The third kappa shape index (κ3) is 9.28. The normalized spacial score (nSPS) is 14.9. The van der Waals surface area contributed by atoms with Crippen LogP contribution < -0.4 is 21.7 Å². The zero-order chi connectivity index (χ0) is 21.9. The van der Waals surface area contributed by atoms with Gasteiger partial charge in [-0.15, -0.1) is 0 Å². The lowest BCUT2D eigenvalue weighted by Crippen LogP contribution is -2.54. The van der Waals surface area contributed by atoms with Crippen LogP contribution in [-0.4, -0.2) is 76.3 Å². The van der Waals surface area contributed by atoms with Crippen molar-refractivity contribution in [2.75, 3.05) is 13.2 Å². The molecular weight excluding hydrogens is 376 g/mol. The van der Waals surface area contributed by atoms with E-state index in [1.807, 2.05) is 12.2 Å². The first-order valence-electron chi connectivity index (χ1n) is 8.71. The van der Waals surface area contributed by atoms with Crippen molar-refractivity contribution < 1.29 is 39.3 Å². The Kier molecular flexibility index (Phi) is 11.4. The molecule has 0 aliphatic carbocycles. The van der Waals surface area contributed by atoms with Crippen molar-refractivity contribution in [3.8, 4) is 0 Å². The van der Waals surface area contributed by atoms with Crippen molar-refractivity contribution in [2.24, 2.45) is 11.7 Å². The molecule has 4 atom stereocenters. The molecule has 0 rings (SSSR count). The molecule has 0 bridgehead atoms. The quantitative estimate of drug-likeness (QED) is 0.171. The van der Waals surface area contributed by atoms with Gasteiger partial charge in [-0.1, -0.05) is 20.3 Å². The Hall–Kier alpha value is -2.73. The number of nitrogens with one attached hydrogen (secondary N) is 3. The Morgan fingerprint density at radius 3 is 2.07 bits per heavy atom. The number of aliphatic carboxylic acids is 2. The highest BCUT2D eigenvalue weighted by molar-refractivity contribution is 5.92. The highest BCUT2D eigenvalue weighted by atomic mass is 16.4. The van der Waals surface area contributed by atoms with Gasteiger partial charge in [0.2, 0.25) is 17.7 Å². The van der Waals surface area contributed by atoms with E-state index >= 15 is 0 Å². The molecule has 0 aliphatic rings. The first-order chi connectivity index (χ1) is 13.0. The first kappa shape index (κ1) is 25.3. The number of hydrogen-bond donors (Lipinski definition) is 7. The molecule has 160 valence electrons. The Morgan fingerprint density at radius 1 is 1.00 bits per heavy atom. The van der Waals surface area contributed by atoms with Crippen molar-refractivity contribution in [1.82, 2.24) is 16.0 Å². The zero-order valence-electron chi connectivity index (χ0n) is 15.8. The van der Waals surface area contributed by atoms with Gasteiger partial charge in [0.05, 0.1) is 19.2 Å². The molecule has 0 radical (unpaired) electrons. The summed E-state index contributed by atoms with van der Waals surface area (Å²) in [5.74, 6) is -5.13. The fourth-order valence-electron chi connectivity index (χ4n) is 2.04. The average Bonchev–Trinajstić information content (AvgIpc) is 2.65. The lowest BCUT2D eigenvalue weighted by Gasteiger charge is -2.22. The lowest BCUT2D eigenvalue weighted by atomic mass is 9.98. The summed E-state index contributed by atoms with van der Waals surface area (Å²) in [5.41, 5.74) is 5.79. The van der Waals surface area contributed by atoms with E-state index in [0.717, 1.165) is 0 Å². The minimum Gasteiger partial charge on any atom is -0.481 e. The van der Waals surface area contributed by atoms with Gasteiger partial charge in [0.15, 0.2) is 0 Å². The third-order valence-electron chi connectivity index (χ3n) is 4.08. The van der Waals surface area contributed by atoms with Gasteiger partial charge in [-0.25, -0.2) is 4.79 Å². The van der Waals surface area contributed by atoms with Crippen LogP contribution in [0.2, 0.25) is 0 Å². The van der Waals surface area contributed by atoms with E-state index in [2.05, 4.69) is 10.6 Å². The summed E-state index contributed by atoms with van der Waals surface area (Å²) >= 11 is 0. The van der Waals surface area contributed by atoms with Crippen LogP contribution in [0.4, 0.5) is 0 Å². The first-order valence-corrected chi connectivity index (χ1v) is 8.71. The Morgan fingerprint density at radius 2 is 1.61 bits per heavy atom. The zero-order valence-corrected chi connectivity index (χ0v) is 15.8. The average molecular weight is 404 g/mol. The molecular formula is C16H28N4O8. The van der Waals surface area contributed by atoms with Gasteiger partial charge in [-0.2, -0.15) is 0 Å². The van der Waals surface area contributed by atoms with Crippen LogP contribution in [0.15, 0.2) is 0 Å². The molecule has 0 saturated heterocycles. The van der Waals surface area contributed by atoms with Crippen molar-refractivity contribution in [1.29, 1.82) is 0 Å². The highest BCUT2D eigenvalue weighted by Gasteiger charge is 2.27. The largest absolute Gasteiger partial charge is 0.481 e. The molecule has 0 spiro atoms. The summed E-state index contributed by atoms with van der Waals surface area (Å²) in [6.07, 6.45) is -0.0127. The van der Waals surface area contributed by atoms with Crippen molar-refractivity contribution in [3.63, 3.8) is 0 Å². The summed E-state index contributed by atoms with van der Waals surface area (Å²) in [6, 6.07) is -3.66. The van der Waals surface area contributed by atoms with E-state index in [-0.39, 0.29) is 12.3 Å². The van der Waals surface area contributed by atoms with E-state index in [4.69, 9.17) is 21.1 Å². The van der Waals surface area contributed by atoms with E-state index in [1.165, 1.54) is 0 Å². The van der Waals surface area contributed by atoms with Gasteiger partial charge in [-0.3, -0.25) is 19.2 Å². The van der Waals surface area contributed by atoms with E-state index < -0.39 is 67.4 Å². The molecule has 3 amide bonds. The van der Waals surface area contributed by atoms with Gasteiger partial charge in [0, 0.05) is 6.42 Å². The van der Waals surface area contributed by atoms with E-state index in [9.17, 15) is 24.0 Å². The Labute approximate surface area is 161 Å². The topological polar surface area (TPSA) is 208 Å². The molecule has 0 aromatic rings. The third-order valence-corrected chi connectivity index (χ3v) is 4.08. The summed E-state index contributed by atoms with van der Waals surface area (Å²) in [5, 5.41) is 32.9. The molecule has 0 aliphatic heterocycles. The summed E-state index contributed by atoms with van der Waals surface area (Å²) in [4.78, 5) is 57.6. The Balaban J connectivity index is 4.88. The summed E-state index contributed by atoms with van der Waals surface area (Å²) < 4.78 is 0. The predicted octanol–water partition coefficient (Wildman–Crippen LogP) is -2.61. The second-order valence-corrected chi connectivity index (χ2v) is 6.26. The predicted molar refractivity (Wildman–Crippen MR) is 95.9 cm³/mol. The number of aliphatic hydroxyl groups is 1. The number of carboxylic acid groups (broad SMARTS) is 2. The number of amides is 3. The number of carboxylic acids is 2. The fraction of sp³-hybridized carbons (Fsp3) is 0.688.